The van der Waals surface area contributed by atoms with Gasteiger partial charge in [0.15, 0.2) is 0 Å². The molecule has 0 aromatic heterocycles. The van der Waals surface area contributed by atoms with Crippen molar-refractivity contribution < 1.29 is 0 Å². The van der Waals surface area contributed by atoms with Crippen LogP contribution < -0.4 is 0 Å². The molecule has 0 saturated carbocycles. The number of rotatable bonds is 2. The highest BCUT2D eigenvalue weighted by atomic mass is 32.2. The Labute approximate surface area is 124 Å². The standard InChI is InChI=1S/C18H17NS/c1-12-6-8-13(9-7-12)16-10-18(20-2)17(11-19)15-5-3-4-14(15)16/h6-10H,3-5H2,1-2H3. The van der Waals surface area contributed by atoms with Gasteiger partial charge in [-0.3, -0.25) is 0 Å². The molecule has 0 spiro atoms. The third kappa shape index (κ3) is 2.13. The molecule has 0 radical (unpaired) electrons. The number of aryl methyl sites for hydroxylation is 1. The van der Waals surface area contributed by atoms with Crippen LogP contribution in [0.5, 0.6) is 0 Å². The lowest BCUT2D eigenvalue weighted by atomic mass is 9.93. The zero-order valence-electron chi connectivity index (χ0n) is 11.9. The lowest BCUT2D eigenvalue weighted by molar-refractivity contribution is 0.910. The van der Waals surface area contributed by atoms with Crippen molar-refractivity contribution in [2.45, 2.75) is 31.1 Å². The van der Waals surface area contributed by atoms with Crippen molar-refractivity contribution in [1.82, 2.24) is 0 Å². The lowest BCUT2D eigenvalue weighted by Gasteiger charge is -2.14. The molecule has 0 atom stereocenters. The van der Waals surface area contributed by atoms with E-state index in [-0.39, 0.29) is 0 Å². The summed E-state index contributed by atoms with van der Waals surface area (Å²) in [7, 11) is 0. The van der Waals surface area contributed by atoms with Crippen LogP contribution in [-0.2, 0) is 12.8 Å². The van der Waals surface area contributed by atoms with Gasteiger partial charge < -0.3 is 0 Å². The van der Waals surface area contributed by atoms with E-state index >= 15 is 0 Å². The second kappa shape index (κ2) is 5.34. The van der Waals surface area contributed by atoms with E-state index in [9.17, 15) is 5.26 Å². The van der Waals surface area contributed by atoms with E-state index in [0.717, 1.165) is 23.3 Å². The Morgan fingerprint density at radius 2 is 1.80 bits per heavy atom. The molecular formula is C18H17NS. The van der Waals surface area contributed by atoms with Crippen LogP contribution in [0.4, 0.5) is 0 Å². The van der Waals surface area contributed by atoms with Gasteiger partial charge in [0.05, 0.1) is 5.56 Å². The van der Waals surface area contributed by atoms with Crippen molar-refractivity contribution in [3.05, 3.63) is 52.6 Å². The normalized spacial score (nSPS) is 13.1. The molecule has 0 N–H and O–H groups in total. The molecule has 0 saturated heterocycles. The van der Waals surface area contributed by atoms with E-state index in [1.807, 2.05) is 0 Å². The smallest absolute Gasteiger partial charge is 0.101 e. The molecule has 0 unspecified atom stereocenters. The first-order valence-electron chi connectivity index (χ1n) is 6.94. The number of fused-ring (bicyclic) bond motifs is 1. The maximum Gasteiger partial charge on any atom is 0.101 e. The number of nitriles is 1. The molecule has 100 valence electrons. The Morgan fingerprint density at radius 3 is 2.45 bits per heavy atom. The van der Waals surface area contributed by atoms with E-state index < -0.39 is 0 Å². The summed E-state index contributed by atoms with van der Waals surface area (Å²) in [4.78, 5) is 1.11. The molecule has 3 rings (SSSR count). The minimum Gasteiger partial charge on any atom is -0.192 e. The minimum atomic E-state index is 0.904. The molecule has 1 nitrogen and oxygen atoms in total. The van der Waals surface area contributed by atoms with Crippen LogP contribution in [0, 0.1) is 18.3 Å². The Bertz CT molecular complexity index is 693. The van der Waals surface area contributed by atoms with Crippen LogP contribution in [-0.4, -0.2) is 6.26 Å². The van der Waals surface area contributed by atoms with Crippen molar-refractivity contribution >= 4 is 11.8 Å². The highest BCUT2D eigenvalue weighted by Gasteiger charge is 2.22. The van der Waals surface area contributed by atoms with Gasteiger partial charge in [-0.25, -0.2) is 0 Å². The van der Waals surface area contributed by atoms with Crippen molar-refractivity contribution in [1.29, 1.82) is 5.26 Å². The van der Waals surface area contributed by atoms with Gasteiger partial charge in [-0.1, -0.05) is 29.8 Å². The largest absolute Gasteiger partial charge is 0.192 e. The van der Waals surface area contributed by atoms with Crippen LogP contribution in [0.1, 0.15) is 28.7 Å². The number of hydrogen-bond donors (Lipinski definition) is 0. The zero-order chi connectivity index (χ0) is 14.1. The summed E-state index contributed by atoms with van der Waals surface area (Å²) in [6.07, 6.45) is 5.37. The Kier molecular flexibility index (Phi) is 3.54. The van der Waals surface area contributed by atoms with Crippen LogP contribution in [0.2, 0.25) is 0 Å². The quantitative estimate of drug-likeness (QED) is 0.741. The molecule has 1 aliphatic carbocycles. The van der Waals surface area contributed by atoms with E-state index in [1.54, 1.807) is 11.8 Å². The van der Waals surface area contributed by atoms with Gasteiger partial charge in [-0.15, -0.1) is 11.8 Å². The van der Waals surface area contributed by atoms with Crippen LogP contribution in [0.3, 0.4) is 0 Å². The number of thioether (sulfide) groups is 1. The number of nitrogens with zero attached hydrogens (tertiary/aromatic N) is 1. The molecule has 20 heavy (non-hydrogen) atoms. The first-order valence-corrected chi connectivity index (χ1v) is 8.17. The zero-order valence-corrected chi connectivity index (χ0v) is 12.7. The summed E-state index contributed by atoms with van der Waals surface area (Å²) in [6.45, 7) is 2.11. The molecule has 0 amide bonds. The molecular weight excluding hydrogens is 262 g/mol. The van der Waals surface area contributed by atoms with Gasteiger partial charge in [0.2, 0.25) is 0 Å². The highest BCUT2D eigenvalue weighted by Crippen LogP contribution is 2.39. The molecule has 1 aliphatic rings. The average molecular weight is 279 g/mol. The van der Waals surface area contributed by atoms with Gasteiger partial charge in [0.25, 0.3) is 0 Å². The second-order valence-electron chi connectivity index (χ2n) is 5.29. The predicted molar refractivity (Wildman–Crippen MR) is 85.1 cm³/mol. The predicted octanol–water partition coefficient (Wildman–Crippen LogP) is 4.74. The third-order valence-corrected chi connectivity index (χ3v) is 4.82. The summed E-state index contributed by atoms with van der Waals surface area (Å²) in [6, 6.07) is 13.3. The Morgan fingerprint density at radius 1 is 1.10 bits per heavy atom. The van der Waals surface area contributed by atoms with Crippen LogP contribution in [0.25, 0.3) is 11.1 Å². The maximum absolute atomic E-state index is 9.45. The molecule has 2 aromatic carbocycles. The van der Waals surface area contributed by atoms with E-state index in [2.05, 4.69) is 49.6 Å². The topological polar surface area (TPSA) is 23.8 Å². The first kappa shape index (κ1) is 13.3. The van der Waals surface area contributed by atoms with Crippen molar-refractivity contribution in [3.8, 4) is 17.2 Å². The Balaban J connectivity index is 2.24. The third-order valence-electron chi connectivity index (χ3n) is 4.06. The molecule has 0 bridgehead atoms. The maximum atomic E-state index is 9.45. The number of hydrogen-bond acceptors (Lipinski definition) is 2. The lowest BCUT2D eigenvalue weighted by Crippen LogP contribution is -1.96. The fourth-order valence-corrected chi connectivity index (χ4v) is 3.64. The van der Waals surface area contributed by atoms with Gasteiger partial charge in [-0.2, -0.15) is 5.26 Å². The summed E-state index contributed by atoms with van der Waals surface area (Å²) in [5.74, 6) is 0. The van der Waals surface area contributed by atoms with E-state index in [1.165, 1.54) is 34.2 Å². The van der Waals surface area contributed by atoms with Gasteiger partial charge >= 0.3 is 0 Å². The Hall–Kier alpha value is -1.72. The van der Waals surface area contributed by atoms with Crippen molar-refractivity contribution in [2.24, 2.45) is 0 Å². The van der Waals surface area contributed by atoms with Gasteiger partial charge in [0.1, 0.15) is 6.07 Å². The minimum absolute atomic E-state index is 0.904. The number of benzene rings is 2. The monoisotopic (exact) mass is 279 g/mol. The van der Waals surface area contributed by atoms with Crippen LogP contribution in [0.15, 0.2) is 35.2 Å². The summed E-state index contributed by atoms with van der Waals surface area (Å²) in [5, 5.41) is 9.45. The molecule has 0 heterocycles. The fraction of sp³-hybridized carbons (Fsp3) is 0.278. The van der Waals surface area contributed by atoms with Crippen molar-refractivity contribution in [2.75, 3.05) is 6.26 Å². The van der Waals surface area contributed by atoms with Crippen molar-refractivity contribution in [3.63, 3.8) is 0 Å². The molecule has 0 aliphatic heterocycles. The first-order chi connectivity index (χ1) is 9.74. The second-order valence-corrected chi connectivity index (χ2v) is 6.14. The molecule has 0 fully saturated rings. The summed E-state index contributed by atoms with van der Waals surface area (Å²) < 4.78 is 0. The molecule has 2 aromatic rings. The van der Waals surface area contributed by atoms with Gasteiger partial charge in [0, 0.05) is 4.90 Å². The summed E-state index contributed by atoms with van der Waals surface area (Å²) in [5.41, 5.74) is 7.46. The molecule has 2 heteroatoms. The van der Waals surface area contributed by atoms with Crippen LogP contribution >= 0.6 is 11.8 Å². The highest BCUT2D eigenvalue weighted by molar-refractivity contribution is 7.98. The average Bonchev–Trinajstić information content (AvgIpc) is 2.95. The van der Waals surface area contributed by atoms with E-state index in [0.29, 0.717) is 0 Å². The SMILES string of the molecule is CSc1cc(-c2ccc(C)cc2)c2c(c1C#N)CCC2. The van der Waals surface area contributed by atoms with Gasteiger partial charge in [-0.05, 0) is 60.8 Å². The fourth-order valence-electron chi connectivity index (χ4n) is 3.03. The summed E-state index contributed by atoms with van der Waals surface area (Å²) >= 11 is 1.68. The van der Waals surface area contributed by atoms with E-state index in [4.69, 9.17) is 0 Å².